The maximum absolute atomic E-state index is 12.6. The highest BCUT2D eigenvalue weighted by molar-refractivity contribution is 5.60. The molecule has 3 N–H and O–H groups in total. The monoisotopic (exact) mass is 298 g/mol. The number of ether oxygens (including phenoxy) is 1. The normalized spacial score (nSPS) is 11.2. The number of benzene rings is 1. The maximum atomic E-state index is 12.6. The van der Waals surface area contributed by atoms with Gasteiger partial charge in [-0.3, -0.25) is 0 Å². The van der Waals surface area contributed by atoms with Gasteiger partial charge in [0.2, 0.25) is 5.82 Å². The smallest absolute Gasteiger partial charge is 0.451 e. The zero-order valence-electron chi connectivity index (χ0n) is 11.1. The molecular weight excluding hydrogens is 285 g/mol. The van der Waals surface area contributed by atoms with E-state index in [-0.39, 0.29) is 11.6 Å². The van der Waals surface area contributed by atoms with Crippen molar-refractivity contribution in [2.75, 3.05) is 17.7 Å². The average molecular weight is 298 g/mol. The van der Waals surface area contributed by atoms with Crippen LogP contribution in [0.5, 0.6) is 5.75 Å². The van der Waals surface area contributed by atoms with E-state index in [0.717, 1.165) is 0 Å². The van der Waals surface area contributed by atoms with Crippen molar-refractivity contribution >= 4 is 17.3 Å². The molecule has 0 aliphatic rings. The summed E-state index contributed by atoms with van der Waals surface area (Å²) in [5.74, 6) is -0.990. The number of hydrogen-bond acceptors (Lipinski definition) is 5. The van der Waals surface area contributed by atoms with E-state index >= 15 is 0 Å². The SMILES string of the molecule is CCOc1cccc(Nc2cc(N)nc(C(F)(F)F)n2)c1. The van der Waals surface area contributed by atoms with E-state index in [0.29, 0.717) is 18.0 Å². The Labute approximate surface area is 119 Å². The Hall–Kier alpha value is -2.51. The zero-order valence-corrected chi connectivity index (χ0v) is 11.1. The highest BCUT2D eigenvalue weighted by Crippen LogP contribution is 2.29. The summed E-state index contributed by atoms with van der Waals surface area (Å²) < 4.78 is 43.2. The van der Waals surface area contributed by atoms with Gasteiger partial charge in [0.15, 0.2) is 0 Å². The molecule has 0 saturated heterocycles. The van der Waals surface area contributed by atoms with Crippen molar-refractivity contribution in [3.63, 3.8) is 0 Å². The van der Waals surface area contributed by atoms with E-state index in [2.05, 4.69) is 15.3 Å². The molecule has 5 nitrogen and oxygen atoms in total. The van der Waals surface area contributed by atoms with Gasteiger partial charge in [0, 0.05) is 17.8 Å². The van der Waals surface area contributed by atoms with Gasteiger partial charge >= 0.3 is 6.18 Å². The molecular formula is C13H13F3N4O. The largest absolute Gasteiger partial charge is 0.494 e. The molecule has 1 aromatic heterocycles. The molecule has 1 aromatic carbocycles. The Morgan fingerprint density at radius 3 is 2.67 bits per heavy atom. The fraction of sp³-hybridized carbons (Fsp3) is 0.231. The molecule has 0 amide bonds. The third kappa shape index (κ3) is 3.98. The van der Waals surface area contributed by atoms with Gasteiger partial charge in [0.25, 0.3) is 0 Å². The Bertz CT molecular complexity index is 631. The molecule has 8 heteroatoms. The average Bonchev–Trinajstić information content (AvgIpc) is 2.38. The van der Waals surface area contributed by atoms with Gasteiger partial charge in [-0.15, -0.1) is 0 Å². The van der Waals surface area contributed by atoms with Crippen molar-refractivity contribution in [3.05, 3.63) is 36.2 Å². The van der Waals surface area contributed by atoms with Crippen molar-refractivity contribution in [3.8, 4) is 5.75 Å². The van der Waals surface area contributed by atoms with Gasteiger partial charge in [-0.05, 0) is 19.1 Å². The lowest BCUT2D eigenvalue weighted by Gasteiger charge is -2.11. The molecule has 1 heterocycles. The molecule has 0 unspecified atom stereocenters. The van der Waals surface area contributed by atoms with Gasteiger partial charge in [-0.25, -0.2) is 9.97 Å². The highest BCUT2D eigenvalue weighted by Gasteiger charge is 2.35. The number of nitrogens with zero attached hydrogens (tertiary/aromatic N) is 2. The van der Waals surface area contributed by atoms with E-state index in [4.69, 9.17) is 10.5 Å². The van der Waals surface area contributed by atoms with E-state index in [9.17, 15) is 13.2 Å². The molecule has 0 saturated carbocycles. The van der Waals surface area contributed by atoms with Crippen LogP contribution < -0.4 is 15.8 Å². The molecule has 0 spiro atoms. The van der Waals surface area contributed by atoms with Crippen LogP contribution in [0.15, 0.2) is 30.3 Å². The molecule has 0 aliphatic heterocycles. The Kier molecular flexibility index (Phi) is 4.15. The second kappa shape index (κ2) is 5.86. The predicted molar refractivity (Wildman–Crippen MR) is 72.3 cm³/mol. The molecule has 2 rings (SSSR count). The van der Waals surface area contributed by atoms with Gasteiger partial charge in [0.05, 0.1) is 6.61 Å². The minimum absolute atomic E-state index is 0.0385. The van der Waals surface area contributed by atoms with Crippen molar-refractivity contribution in [2.45, 2.75) is 13.1 Å². The summed E-state index contributed by atoms with van der Waals surface area (Å²) in [5.41, 5.74) is 5.91. The highest BCUT2D eigenvalue weighted by atomic mass is 19.4. The van der Waals surface area contributed by atoms with Crippen LogP contribution in [0.4, 0.5) is 30.5 Å². The number of rotatable bonds is 4. The van der Waals surface area contributed by atoms with Crippen molar-refractivity contribution < 1.29 is 17.9 Å². The van der Waals surface area contributed by atoms with E-state index in [1.807, 2.05) is 6.92 Å². The van der Waals surface area contributed by atoms with E-state index in [1.54, 1.807) is 24.3 Å². The first-order chi connectivity index (χ1) is 9.88. The number of nitrogens with two attached hydrogens (primary N) is 1. The van der Waals surface area contributed by atoms with Gasteiger partial charge < -0.3 is 15.8 Å². The van der Waals surface area contributed by atoms with Gasteiger partial charge in [0.1, 0.15) is 17.4 Å². The second-order valence-electron chi connectivity index (χ2n) is 4.09. The van der Waals surface area contributed by atoms with Crippen LogP contribution in [0.3, 0.4) is 0 Å². The molecule has 2 aromatic rings. The molecule has 0 bridgehead atoms. The third-order valence-corrected chi connectivity index (χ3v) is 2.42. The fourth-order valence-electron chi connectivity index (χ4n) is 1.64. The van der Waals surface area contributed by atoms with Crippen LogP contribution in [-0.2, 0) is 6.18 Å². The Balaban J connectivity index is 2.27. The standard InChI is InChI=1S/C13H13F3N4O/c1-2-21-9-5-3-4-8(6-9)18-11-7-10(17)19-12(20-11)13(14,15)16/h3-7H,2H2,1H3,(H3,17,18,19,20). The number of aromatic nitrogens is 2. The van der Waals surface area contributed by atoms with Crippen LogP contribution in [0.1, 0.15) is 12.7 Å². The first kappa shape index (κ1) is 14.9. The lowest BCUT2D eigenvalue weighted by Crippen LogP contribution is -2.13. The Morgan fingerprint density at radius 1 is 1.24 bits per heavy atom. The quantitative estimate of drug-likeness (QED) is 0.906. The van der Waals surface area contributed by atoms with Crippen molar-refractivity contribution in [2.24, 2.45) is 0 Å². The number of halogens is 3. The summed E-state index contributed by atoms with van der Waals surface area (Å²) in [7, 11) is 0. The number of nitrogens with one attached hydrogen (secondary N) is 1. The second-order valence-corrected chi connectivity index (χ2v) is 4.09. The van der Waals surface area contributed by atoms with Crippen molar-refractivity contribution in [1.82, 2.24) is 9.97 Å². The van der Waals surface area contributed by atoms with Crippen LogP contribution in [0.25, 0.3) is 0 Å². The zero-order chi connectivity index (χ0) is 15.5. The Morgan fingerprint density at radius 2 is 2.00 bits per heavy atom. The molecule has 0 atom stereocenters. The molecule has 0 fully saturated rings. The summed E-state index contributed by atoms with van der Waals surface area (Å²) in [6.45, 7) is 2.32. The summed E-state index contributed by atoms with van der Waals surface area (Å²) in [5, 5.41) is 2.74. The first-order valence-corrected chi connectivity index (χ1v) is 6.10. The summed E-state index contributed by atoms with van der Waals surface area (Å²) >= 11 is 0. The number of nitrogen functional groups attached to an aromatic ring is 1. The predicted octanol–water partition coefficient (Wildman–Crippen LogP) is 3.22. The van der Waals surface area contributed by atoms with Crippen LogP contribution in [0.2, 0.25) is 0 Å². The van der Waals surface area contributed by atoms with Crippen molar-refractivity contribution in [1.29, 1.82) is 0 Å². The van der Waals surface area contributed by atoms with E-state index in [1.165, 1.54) is 6.07 Å². The van der Waals surface area contributed by atoms with Crippen LogP contribution in [0, 0.1) is 0 Å². The summed E-state index contributed by atoms with van der Waals surface area (Å²) in [6, 6.07) is 8.00. The molecule has 0 aliphatic carbocycles. The molecule has 0 radical (unpaired) electrons. The lowest BCUT2D eigenvalue weighted by atomic mass is 10.3. The first-order valence-electron chi connectivity index (χ1n) is 6.10. The lowest BCUT2D eigenvalue weighted by molar-refractivity contribution is -0.144. The number of hydrogen-bond donors (Lipinski definition) is 2. The summed E-state index contributed by atoms with van der Waals surface area (Å²) in [6.07, 6.45) is -4.65. The molecule has 21 heavy (non-hydrogen) atoms. The maximum Gasteiger partial charge on any atom is 0.451 e. The van der Waals surface area contributed by atoms with Crippen LogP contribution in [-0.4, -0.2) is 16.6 Å². The van der Waals surface area contributed by atoms with Crippen LogP contribution >= 0.6 is 0 Å². The minimum Gasteiger partial charge on any atom is -0.494 e. The number of anilines is 3. The third-order valence-electron chi connectivity index (χ3n) is 2.42. The minimum atomic E-state index is -4.65. The van der Waals surface area contributed by atoms with Gasteiger partial charge in [-0.2, -0.15) is 13.2 Å². The topological polar surface area (TPSA) is 73.1 Å². The number of alkyl halides is 3. The fourth-order valence-corrected chi connectivity index (χ4v) is 1.64. The molecule has 112 valence electrons. The summed E-state index contributed by atoms with van der Waals surface area (Å²) in [4.78, 5) is 6.58. The van der Waals surface area contributed by atoms with Gasteiger partial charge in [-0.1, -0.05) is 6.07 Å². The van der Waals surface area contributed by atoms with E-state index < -0.39 is 12.0 Å².